The van der Waals surface area contributed by atoms with Gasteiger partial charge in [0.1, 0.15) is 5.75 Å². The number of benzene rings is 1. The normalized spacial score (nSPS) is 22.0. The van der Waals surface area contributed by atoms with Gasteiger partial charge < -0.3 is 10.1 Å². The predicted octanol–water partition coefficient (Wildman–Crippen LogP) is 2.55. The molecule has 29 heavy (non-hydrogen) atoms. The average molecular weight is 396 g/mol. The number of rotatable bonds is 6. The lowest BCUT2D eigenvalue weighted by Crippen LogP contribution is -2.33. The van der Waals surface area contributed by atoms with Gasteiger partial charge in [-0.25, -0.2) is 0 Å². The maximum absolute atomic E-state index is 12.4. The topological polar surface area (TPSA) is 72.3 Å². The maximum atomic E-state index is 12.4. The fourth-order valence-corrected chi connectivity index (χ4v) is 4.92. The summed E-state index contributed by atoms with van der Waals surface area (Å²) in [6.45, 7) is 3.62. The zero-order valence-electron chi connectivity index (χ0n) is 16.8. The maximum Gasteiger partial charge on any atom is 0.273 e. The Kier molecular flexibility index (Phi) is 5.23. The summed E-state index contributed by atoms with van der Waals surface area (Å²) in [5.41, 5.74) is 3.10. The number of hydrogen-bond donors (Lipinski definition) is 1. The fourth-order valence-electron chi connectivity index (χ4n) is 4.92. The average Bonchev–Trinajstić information content (AvgIpc) is 3.50. The van der Waals surface area contributed by atoms with Crippen molar-refractivity contribution in [2.75, 3.05) is 13.2 Å². The molecule has 1 aromatic heterocycles. The molecular weight excluding hydrogens is 366 g/mol. The van der Waals surface area contributed by atoms with E-state index in [1.165, 1.54) is 30.4 Å². The number of nitrogens with zero attached hydrogens (tertiary/aromatic N) is 4. The Balaban J connectivity index is 1.20. The van der Waals surface area contributed by atoms with Crippen LogP contribution in [-0.2, 0) is 19.5 Å². The Bertz CT molecular complexity index is 874. The van der Waals surface area contributed by atoms with Crippen molar-refractivity contribution in [3.63, 3.8) is 0 Å². The van der Waals surface area contributed by atoms with E-state index in [0.29, 0.717) is 17.8 Å². The highest BCUT2D eigenvalue weighted by Crippen LogP contribution is 2.28. The van der Waals surface area contributed by atoms with E-state index in [2.05, 4.69) is 38.7 Å². The summed E-state index contributed by atoms with van der Waals surface area (Å²) >= 11 is 0. The number of carbonyl (C=O) groups is 1. The molecule has 3 heterocycles. The van der Waals surface area contributed by atoms with Gasteiger partial charge >= 0.3 is 0 Å². The lowest BCUT2D eigenvalue weighted by Gasteiger charge is -2.24. The van der Waals surface area contributed by atoms with Crippen molar-refractivity contribution in [1.29, 1.82) is 0 Å². The van der Waals surface area contributed by atoms with Crippen LogP contribution in [-0.4, -0.2) is 51.0 Å². The van der Waals surface area contributed by atoms with E-state index in [-0.39, 0.29) is 5.91 Å². The molecule has 1 aliphatic carbocycles. The van der Waals surface area contributed by atoms with Crippen molar-refractivity contribution >= 4 is 5.91 Å². The van der Waals surface area contributed by atoms with Crippen LogP contribution in [0.5, 0.6) is 5.75 Å². The zero-order chi connectivity index (χ0) is 19.6. The van der Waals surface area contributed by atoms with Gasteiger partial charge in [-0.3, -0.25) is 14.4 Å². The number of likely N-dealkylation sites (tertiary alicyclic amines) is 1. The Morgan fingerprint density at radius 2 is 2.10 bits per heavy atom. The zero-order valence-corrected chi connectivity index (χ0v) is 16.8. The smallest absolute Gasteiger partial charge is 0.273 e. The molecular formula is C22H29N5O2. The molecule has 2 aromatic rings. The Morgan fingerprint density at radius 3 is 3.00 bits per heavy atom. The van der Waals surface area contributed by atoms with Gasteiger partial charge in [0, 0.05) is 25.0 Å². The molecule has 1 N–H and O–H groups in total. The highest BCUT2D eigenvalue weighted by molar-refractivity contribution is 5.92. The fraction of sp³-hybridized carbons (Fsp3) is 0.591. The summed E-state index contributed by atoms with van der Waals surface area (Å²) in [6.07, 6.45) is 9.71. The molecule has 7 nitrogen and oxygen atoms in total. The molecule has 154 valence electrons. The summed E-state index contributed by atoms with van der Waals surface area (Å²) in [4.78, 5) is 14.9. The van der Waals surface area contributed by atoms with Gasteiger partial charge in [0.05, 0.1) is 19.3 Å². The molecule has 2 aliphatic heterocycles. The highest BCUT2D eigenvalue weighted by Gasteiger charge is 2.26. The molecule has 2 fully saturated rings. The SMILES string of the molecule is O=C(NC1CCCC1)c1cn(C[C@@H]2CCCN2Cc2ccc3c(c2)CCO3)nn1. The van der Waals surface area contributed by atoms with Crippen LogP contribution in [0.1, 0.15) is 60.1 Å². The second kappa shape index (κ2) is 8.14. The minimum Gasteiger partial charge on any atom is -0.493 e. The number of amides is 1. The van der Waals surface area contributed by atoms with E-state index in [0.717, 1.165) is 57.7 Å². The van der Waals surface area contributed by atoms with Gasteiger partial charge in [-0.1, -0.05) is 30.2 Å². The van der Waals surface area contributed by atoms with Crippen LogP contribution in [0.4, 0.5) is 0 Å². The standard InChI is InChI=1S/C22H29N5O2/c28-22(23-18-4-1-2-5-18)20-15-27(25-24-20)14-19-6-3-10-26(19)13-16-7-8-21-17(12-16)9-11-29-21/h7-8,12,15,18-19H,1-6,9-11,13-14H2,(H,23,28)/t19-/m0/s1. The van der Waals surface area contributed by atoms with Gasteiger partial charge in [-0.15, -0.1) is 5.10 Å². The van der Waals surface area contributed by atoms with Gasteiger partial charge in [-0.2, -0.15) is 0 Å². The minimum absolute atomic E-state index is 0.0909. The second-order valence-corrected chi connectivity index (χ2v) is 8.59. The van der Waals surface area contributed by atoms with Crippen LogP contribution in [0.25, 0.3) is 0 Å². The summed E-state index contributed by atoms with van der Waals surface area (Å²) in [7, 11) is 0. The molecule has 1 atom stereocenters. The molecule has 1 saturated heterocycles. The van der Waals surface area contributed by atoms with E-state index in [9.17, 15) is 4.79 Å². The third-order valence-corrected chi connectivity index (χ3v) is 6.50. The lowest BCUT2D eigenvalue weighted by atomic mass is 10.1. The molecule has 3 aliphatic rings. The van der Waals surface area contributed by atoms with E-state index in [1.807, 2.05) is 4.68 Å². The van der Waals surface area contributed by atoms with Gasteiger partial charge in [-0.05, 0) is 49.4 Å². The van der Waals surface area contributed by atoms with Gasteiger partial charge in [0.2, 0.25) is 0 Å². The Labute approximate surface area is 171 Å². The van der Waals surface area contributed by atoms with Crippen molar-refractivity contribution in [2.24, 2.45) is 0 Å². The number of nitrogens with one attached hydrogen (secondary N) is 1. The van der Waals surface area contributed by atoms with Crippen LogP contribution in [0.2, 0.25) is 0 Å². The van der Waals surface area contributed by atoms with Crippen LogP contribution in [0, 0.1) is 0 Å². The number of fused-ring (bicyclic) bond motifs is 1. The molecule has 0 spiro atoms. The minimum atomic E-state index is -0.0909. The number of hydrogen-bond acceptors (Lipinski definition) is 5. The number of carbonyl (C=O) groups excluding carboxylic acids is 1. The van der Waals surface area contributed by atoms with Crippen molar-refractivity contribution in [1.82, 2.24) is 25.2 Å². The molecule has 5 rings (SSSR count). The monoisotopic (exact) mass is 395 g/mol. The van der Waals surface area contributed by atoms with Crippen LogP contribution in [0.15, 0.2) is 24.4 Å². The molecule has 1 aromatic carbocycles. The number of aromatic nitrogens is 3. The molecule has 7 heteroatoms. The first-order valence-electron chi connectivity index (χ1n) is 10.9. The van der Waals surface area contributed by atoms with E-state index >= 15 is 0 Å². The summed E-state index contributed by atoms with van der Waals surface area (Å²) in [5.74, 6) is 0.949. The molecule has 0 radical (unpaired) electrons. The molecule has 0 unspecified atom stereocenters. The van der Waals surface area contributed by atoms with Crippen molar-refractivity contribution in [3.8, 4) is 5.75 Å². The summed E-state index contributed by atoms with van der Waals surface area (Å²) in [5, 5.41) is 11.4. The molecule has 0 bridgehead atoms. The van der Waals surface area contributed by atoms with Gasteiger partial charge in [0.25, 0.3) is 5.91 Å². The van der Waals surface area contributed by atoms with Crippen LogP contribution >= 0.6 is 0 Å². The van der Waals surface area contributed by atoms with Crippen molar-refractivity contribution in [2.45, 2.75) is 70.1 Å². The molecule has 1 saturated carbocycles. The highest BCUT2D eigenvalue weighted by atomic mass is 16.5. The second-order valence-electron chi connectivity index (χ2n) is 8.59. The first kappa shape index (κ1) is 18.6. The number of ether oxygens (including phenoxy) is 1. The largest absolute Gasteiger partial charge is 0.493 e. The van der Waals surface area contributed by atoms with E-state index < -0.39 is 0 Å². The predicted molar refractivity (Wildman–Crippen MR) is 109 cm³/mol. The van der Waals surface area contributed by atoms with Crippen molar-refractivity contribution in [3.05, 3.63) is 41.2 Å². The Hall–Kier alpha value is -2.41. The summed E-state index contributed by atoms with van der Waals surface area (Å²) < 4.78 is 7.46. The first-order valence-corrected chi connectivity index (χ1v) is 10.9. The third-order valence-electron chi connectivity index (χ3n) is 6.50. The first-order chi connectivity index (χ1) is 14.2. The lowest BCUT2D eigenvalue weighted by molar-refractivity contribution is 0.0932. The van der Waals surface area contributed by atoms with E-state index in [4.69, 9.17) is 4.74 Å². The quantitative estimate of drug-likeness (QED) is 0.814. The van der Waals surface area contributed by atoms with Crippen molar-refractivity contribution < 1.29 is 9.53 Å². The van der Waals surface area contributed by atoms with E-state index in [1.54, 1.807) is 6.20 Å². The third kappa shape index (κ3) is 4.15. The summed E-state index contributed by atoms with van der Waals surface area (Å²) in [6, 6.07) is 7.30. The Morgan fingerprint density at radius 1 is 1.21 bits per heavy atom. The molecule has 1 amide bonds. The van der Waals surface area contributed by atoms with Gasteiger partial charge in [0.15, 0.2) is 5.69 Å². The van der Waals surface area contributed by atoms with Crippen LogP contribution in [0.3, 0.4) is 0 Å². The van der Waals surface area contributed by atoms with Crippen LogP contribution < -0.4 is 10.1 Å².